The summed E-state index contributed by atoms with van der Waals surface area (Å²) in [5.74, 6) is 0. The monoisotopic (exact) mass is 98.0 g/mol. The smallest absolute Gasteiger partial charge is 0.417 e. The Kier molecular flexibility index (Phi) is 17.9. The van der Waals surface area contributed by atoms with Crippen LogP contribution >= 0.6 is 0 Å². The first kappa shape index (κ1) is 9.78. The van der Waals surface area contributed by atoms with Gasteiger partial charge in [0.05, 0.1) is 0 Å². The van der Waals surface area contributed by atoms with Gasteiger partial charge in [0.25, 0.3) is 0 Å². The molecule has 0 bridgehead atoms. The summed E-state index contributed by atoms with van der Waals surface area (Å²) in [6.45, 7) is 3.95. The number of methoxy groups -OCH3 is 1. The van der Waals surface area contributed by atoms with E-state index < -0.39 is 0 Å². The van der Waals surface area contributed by atoms with Crippen molar-refractivity contribution < 1.29 is 56.1 Å². The van der Waals surface area contributed by atoms with Gasteiger partial charge in [-0.3, -0.25) is 0 Å². The Bertz CT molecular complexity index is 8.85. The van der Waals surface area contributed by atoms with Crippen LogP contribution in [0.1, 0.15) is 0 Å². The van der Waals surface area contributed by atoms with Gasteiger partial charge in [-0.1, -0.05) is 6.61 Å². The summed E-state index contributed by atoms with van der Waals surface area (Å²) in [4.78, 5) is 0. The largest absolute Gasteiger partial charge is 1.00 e. The van der Waals surface area contributed by atoms with Crippen molar-refractivity contribution in [1.29, 1.82) is 0 Å². The van der Waals surface area contributed by atoms with E-state index in [0.29, 0.717) is 6.61 Å². The predicted molar refractivity (Wildman–Crippen MR) is 17.2 cm³/mol. The van der Waals surface area contributed by atoms with Crippen molar-refractivity contribution in [2.75, 3.05) is 13.7 Å². The Morgan fingerprint density at radius 3 is 2.00 bits per heavy atom. The van der Waals surface area contributed by atoms with Crippen molar-refractivity contribution in [2.45, 2.75) is 0 Å². The number of rotatable bonds is 1. The van der Waals surface area contributed by atoms with Gasteiger partial charge in [-0.05, 0) is 0 Å². The Morgan fingerprint density at radius 1 is 1.80 bits per heavy atom. The molecule has 0 rings (SSSR count). The van der Waals surface area contributed by atoms with E-state index in [9.17, 15) is 0 Å². The minimum absolute atomic E-state index is 0. The molecule has 0 aliphatic carbocycles. The Morgan fingerprint density at radius 2 is 2.00 bits per heavy atom. The molecule has 0 aromatic carbocycles. The Hall–Kier alpha value is 1.60. The van der Waals surface area contributed by atoms with Crippen LogP contribution in [0.2, 0.25) is 0 Å². The van der Waals surface area contributed by atoms with E-state index in [1.807, 2.05) is 0 Å². The first-order valence-corrected chi connectivity index (χ1v) is 1.20. The second-order valence-electron chi connectivity index (χ2n) is 0.493. The standard InChI is InChI=1S/C3H7O.K/c1-3-4-2;/h1,3H2,2H3;/q-1;+1. The average molecular weight is 98.2 g/mol. The van der Waals surface area contributed by atoms with E-state index in [4.69, 9.17) is 0 Å². The summed E-state index contributed by atoms with van der Waals surface area (Å²) in [6, 6.07) is 0. The van der Waals surface area contributed by atoms with Gasteiger partial charge >= 0.3 is 51.4 Å². The van der Waals surface area contributed by atoms with Gasteiger partial charge in [-0.25, -0.2) is 0 Å². The maximum absolute atomic E-state index is 4.43. The van der Waals surface area contributed by atoms with Crippen LogP contribution in [-0.2, 0) is 4.74 Å². The van der Waals surface area contributed by atoms with Gasteiger partial charge in [-0.2, -0.15) is 0 Å². The van der Waals surface area contributed by atoms with Crippen molar-refractivity contribution in [1.82, 2.24) is 0 Å². The van der Waals surface area contributed by atoms with E-state index in [2.05, 4.69) is 11.7 Å². The van der Waals surface area contributed by atoms with Crippen LogP contribution in [-0.4, -0.2) is 13.7 Å². The molecule has 0 heterocycles. The van der Waals surface area contributed by atoms with Gasteiger partial charge in [0, 0.05) is 7.11 Å². The first-order valence-electron chi connectivity index (χ1n) is 1.20. The van der Waals surface area contributed by atoms with Gasteiger partial charge in [0.1, 0.15) is 0 Å². The van der Waals surface area contributed by atoms with Crippen molar-refractivity contribution in [3.8, 4) is 0 Å². The molecule has 0 aliphatic heterocycles. The summed E-state index contributed by atoms with van der Waals surface area (Å²) >= 11 is 0. The van der Waals surface area contributed by atoms with E-state index in [-0.39, 0.29) is 51.4 Å². The summed E-state index contributed by atoms with van der Waals surface area (Å²) < 4.78 is 4.43. The average Bonchev–Trinajstić information content (AvgIpc) is 1.37. The molecule has 0 N–H and O–H groups in total. The van der Waals surface area contributed by atoms with Crippen LogP contribution in [0.15, 0.2) is 0 Å². The van der Waals surface area contributed by atoms with E-state index >= 15 is 0 Å². The van der Waals surface area contributed by atoms with Gasteiger partial charge < -0.3 is 11.7 Å². The molecule has 0 aromatic heterocycles. The van der Waals surface area contributed by atoms with Crippen molar-refractivity contribution in [2.24, 2.45) is 0 Å². The third-order valence-corrected chi connectivity index (χ3v) is 0.204. The molecule has 26 valence electrons. The Labute approximate surface area is 75.5 Å². The molecule has 0 atom stereocenters. The zero-order valence-corrected chi connectivity index (χ0v) is 6.95. The van der Waals surface area contributed by atoms with E-state index in [0.717, 1.165) is 0 Å². The van der Waals surface area contributed by atoms with Crippen LogP contribution in [0.25, 0.3) is 0 Å². The van der Waals surface area contributed by atoms with Crippen LogP contribution in [0.5, 0.6) is 0 Å². The molecule has 2 heteroatoms. The fourth-order valence-electron chi connectivity index (χ4n) is 0. The van der Waals surface area contributed by atoms with Crippen LogP contribution in [0.3, 0.4) is 0 Å². The van der Waals surface area contributed by atoms with Crippen LogP contribution in [0.4, 0.5) is 0 Å². The van der Waals surface area contributed by atoms with E-state index in [1.165, 1.54) is 0 Å². The number of ether oxygens (including phenoxy) is 1. The molecule has 5 heavy (non-hydrogen) atoms. The minimum atomic E-state index is 0. The topological polar surface area (TPSA) is 9.23 Å². The third-order valence-electron chi connectivity index (χ3n) is 0.204. The minimum Gasteiger partial charge on any atom is -0.417 e. The van der Waals surface area contributed by atoms with Crippen molar-refractivity contribution in [3.63, 3.8) is 0 Å². The summed E-state index contributed by atoms with van der Waals surface area (Å²) in [5, 5.41) is 0. The molecule has 0 saturated carbocycles. The normalized spacial score (nSPS) is 6.00. The van der Waals surface area contributed by atoms with Gasteiger partial charge in [0.2, 0.25) is 0 Å². The molecule has 0 aliphatic rings. The molecule has 0 amide bonds. The molecule has 0 aromatic rings. The van der Waals surface area contributed by atoms with Crippen LogP contribution in [0, 0.1) is 6.92 Å². The molecular weight excluding hydrogens is 91.1 g/mol. The van der Waals surface area contributed by atoms with E-state index in [1.54, 1.807) is 7.11 Å². The van der Waals surface area contributed by atoms with Gasteiger partial charge in [-0.15, -0.1) is 0 Å². The summed E-state index contributed by atoms with van der Waals surface area (Å²) in [5.41, 5.74) is 0. The summed E-state index contributed by atoms with van der Waals surface area (Å²) in [7, 11) is 1.62. The SMILES string of the molecule is [CH2-]COC.[K+]. The second kappa shape index (κ2) is 9.14. The van der Waals surface area contributed by atoms with Crippen LogP contribution < -0.4 is 51.4 Å². The maximum Gasteiger partial charge on any atom is 1.00 e. The third kappa shape index (κ3) is 10.7. The fourth-order valence-corrected chi connectivity index (χ4v) is 0. The molecular formula is C3H7KO. The zero-order valence-electron chi connectivity index (χ0n) is 3.82. The fraction of sp³-hybridized carbons (Fsp3) is 0.667. The molecule has 0 fully saturated rings. The second-order valence-corrected chi connectivity index (χ2v) is 0.493. The summed E-state index contributed by atoms with van der Waals surface area (Å²) in [6.07, 6.45) is 0. The molecule has 1 nitrogen and oxygen atoms in total. The van der Waals surface area contributed by atoms with Crippen molar-refractivity contribution >= 4 is 0 Å². The Balaban J connectivity index is 0. The van der Waals surface area contributed by atoms with Crippen molar-refractivity contribution in [3.05, 3.63) is 6.92 Å². The predicted octanol–water partition coefficient (Wildman–Crippen LogP) is -2.53. The number of hydrogen-bond acceptors (Lipinski definition) is 1. The molecule has 0 spiro atoms. The molecule has 0 radical (unpaired) electrons. The molecule has 0 saturated heterocycles. The first-order chi connectivity index (χ1) is 1.91. The number of hydrogen-bond donors (Lipinski definition) is 0. The zero-order chi connectivity index (χ0) is 3.41. The van der Waals surface area contributed by atoms with Gasteiger partial charge in [0.15, 0.2) is 0 Å². The molecule has 0 unspecified atom stereocenters. The quantitative estimate of drug-likeness (QED) is 0.260. The maximum atomic E-state index is 4.43.